The van der Waals surface area contributed by atoms with Gasteiger partial charge in [0, 0.05) is 17.5 Å². The van der Waals surface area contributed by atoms with Gasteiger partial charge in [0.2, 0.25) is 6.41 Å². The minimum absolute atomic E-state index is 0.379. The molecule has 0 radical (unpaired) electrons. The zero-order chi connectivity index (χ0) is 15.0. The van der Waals surface area contributed by atoms with Crippen LogP contribution in [0.2, 0.25) is 0 Å². The number of ether oxygens (including phenoxy) is 1. The minimum atomic E-state index is -0.379. The molecule has 1 amide bonds. The third-order valence-electron chi connectivity index (χ3n) is 2.49. The SMILES string of the molecule is CCOC(/C=C\N(C=O)c1ccc(F)cc1)=C(/C)C=O. The van der Waals surface area contributed by atoms with Gasteiger partial charge in [-0.2, -0.15) is 0 Å². The second kappa shape index (κ2) is 7.89. The van der Waals surface area contributed by atoms with E-state index in [-0.39, 0.29) is 5.82 Å². The van der Waals surface area contributed by atoms with Gasteiger partial charge >= 0.3 is 0 Å². The van der Waals surface area contributed by atoms with Crippen molar-refractivity contribution < 1.29 is 18.7 Å². The Hall–Kier alpha value is -2.43. The Morgan fingerprint density at radius 2 is 1.95 bits per heavy atom. The standard InChI is InChI=1S/C15H16FNO3/c1-3-20-15(12(2)10-18)8-9-17(11-19)14-6-4-13(16)5-7-14/h4-11H,3H2,1-2H3/b9-8-,15-12-. The van der Waals surface area contributed by atoms with Gasteiger partial charge in [0.1, 0.15) is 17.9 Å². The molecule has 0 saturated heterocycles. The number of halogens is 1. The van der Waals surface area contributed by atoms with Crippen molar-refractivity contribution in [2.24, 2.45) is 0 Å². The van der Waals surface area contributed by atoms with Crippen LogP contribution in [0.3, 0.4) is 0 Å². The summed E-state index contributed by atoms with van der Waals surface area (Å²) in [6.07, 6.45) is 4.24. The number of carbonyl (C=O) groups is 2. The summed E-state index contributed by atoms with van der Waals surface area (Å²) in [7, 11) is 0. The molecule has 0 spiro atoms. The molecule has 0 bridgehead atoms. The predicted octanol–water partition coefficient (Wildman–Crippen LogP) is 2.81. The second-order valence-electron chi connectivity index (χ2n) is 3.90. The number of hydrogen-bond donors (Lipinski definition) is 0. The Morgan fingerprint density at radius 1 is 1.30 bits per heavy atom. The van der Waals surface area contributed by atoms with Gasteiger partial charge in [-0.15, -0.1) is 0 Å². The van der Waals surface area contributed by atoms with Crippen molar-refractivity contribution in [3.63, 3.8) is 0 Å². The monoisotopic (exact) mass is 277 g/mol. The molecule has 5 heteroatoms. The lowest BCUT2D eigenvalue weighted by molar-refractivity contribution is -0.107. The van der Waals surface area contributed by atoms with Gasteiger partial charge in [0.15, 0.2) is 0 Å². The van der Waals surface area contributed by atoms with Gasteiger partial charge < -0.3 is 4.74 Å². The third kappa shape index (κ3) is 4.35. The highest BCUT2D eigenvalue weighted by atomic mass is 19.1. The summed E-state index contributed by atoms with van der Waals surface area (Å²) in [6, 6.07) is 5.47. The summed E-state index contributed by atoms with van der Waals surface area (Å²) < 4.78 is 18.1. The molecular formula is C15H16FNO3. The highest BCUT2D eigenvalue weighted by molar-refractivity contribution is 5.78. The van der Waals surface area contributed by atoms with Crippen LogP contribution in [0.4, 0.5) is 10.1 Å². The fourth-order valence-electron chi connectivity index (χ4n) is 1.45. The Morgan fingerprint density at radius 3 is 2.45 bits per heavy atom. The summed E-state index contributed by atoms with van der Waals surface area (Å²) in [4.78, 5) is 23.1. The number of nitrogens with zero attached hydrogens (tertiary/aromatic N) is 1. The van der Waals surface area contributed by atoms with Crippen molar-refractivity contribution in [2.45, 2.75) is 13.8 Å². The average Bonchev–Trinajstić information content (AvgIpc) is 2.47. The molecule has 1 aromatic rings. The fourth-order valence-corrected chi connectivity index (χ4v) is 1.45. The van der Waals surface area contributed by atoms with Crippen LogP contribution in [0.15, 0.2) is 47.9 Å². The van der Waals surface area contributed by atoms with E-state index in [1.54, 1.807) is 13.8 Å². The molecule has 0 aliphatic carbocycles. The predicted molar refractivity (Wildman–Crippen MR) is 74.5 cm³/mol. The van der Waals surface area contributed by atoms with Crippen molar-refractivity contribution in [1.29, 1.82) is 0 Å². The molecular weight excluding hydrogens is 261 g/mol. The Bertz CT molecular complexity index is 520. The quantitative estimate of drug-likeness (QED) is 0.333. The maximum atomic E-state index is 12.8. The first-order chi connectivity index (χ1) is 9.62. The molecule has 0 unspecified atom stereocenters. The molecule has 0 aliphatic rings. The highest BCUT2D eigenvalue weighted by Gasteiger charge is 2.03. The van der Waals surface area contributed by atoms with E-state index in [1.807, 2.05) is 0 Å². The molecule has 106 valence electrons. The second-order valence-corrected chi connectivity index (χ2v) is 3.90. The van der Waals surface area contributed by atoms with E-state index in [9.17, 15) is 14.0 Å². The lowest BCUT2D eigenvalue weighted by Crippen LogP contribution is -2.13. The number of carbonyl (C=O) groups excluding carboxylic acids is 2. The van der Waals surface area contributed by atoms with Gasteiger partial charge in [-0.05, 0) is 44.2 Å². The molecule has 0 N–H and O–H groups in total. The van der Waals surface area contributed by atoms with Gasteiger partial charge in [0.05, 0.1) is 6.61 Å². The van der Waals surface area contributed by atoms with Crippen LogP contribution in [-0.2, 0) is 14.3 Å². The first-order valence-corrected chi connectivity index (χ1v) is 6.08. The smallest absolute Gasteiger partial charge is 0.218 e. The van der Waals surface area contributed by atoms with Gasteiger partial charge in [0.25, 0.3) is 0 Å². The molecule has 4 nitrogen and oxygen atoms in total. The van der Waals surface area contributed by atoms with Crippen LogP contribution < -0.4 is 4.90 Å². The van der Waals surface area contributed by atoms with Crippen molar-refractivity contribution in [2.75, 3.05) is 11.5 Å². The van der Waals surface area contributed by atoms with Crippen molar-refractivity contribution >= 4 is 18.4 Å². The van der Waals surface area contributed by atoms with Crippen LogP contribution in [0.5, 0.6) is 0 Å². The number of benzene rings is 1. The average molecular weight is 277 g/mol. The molecule has 0 aromatic heterocycles. The molecule has 1 rings (SSSR count). The lowest BCUT2D eigenvalue weighted by Gasteiger charge is -2.13. The summed E-state index contributed by atoms with van der Waals surface area (Å²) in [5.74, 6) is 0.00624. The van der Waals surface area contributed by atoms with E-state index in [0.29, 0.717) is 36.3 Å². The molecule has 20 heavy (non-hydrogen) atoms. The summed E-state index contributed by atoms with van der Waals surface area (Å²) in [5.41, 5.74) is 0.935. The maximum Gasteiger partial charge on any atom is 0.218 e. The van der Waals surface area contributed by atoms with E-state index in [1.165, 1.54) is 41.4 Å². The zero-order valence-electron chi connectivity index (χ0n) is 11.4. The number of aldehydes is 1. The van der Waals surface area contributed by atoms with Crippen LogP contribution in [0, 0.1) is 5.82 Å². The van der Waals surface area contributed by atoms with Crippen molar-refractivity contribution in [3.05, 3.63) is 53.7 Å². The molecule has 0 saturated carbocycles. The lowest BCUT2D eigenvalue weighted by atomic mass is 10.2. The van der Waals surface area contributed by atoms with Crippen molar-refractivity contribution in [3.8, 4) is 0 Å². The molecule has 1 aromatic carbocycles. The van der Waals surface area contributed by atoms with E-state index >= 15 is 0 Å². The molecule has 0 heterocycles. The van der Waals surface area contributed by atoms with E-state index in [0.717, 1.165) is 0 Å². The molecule has 0 atom stereocenters. The number of allylic oxidation sites excluding steroid dienone is 2. The van der Waals surface area contributed by atoms with Crippen LogP contribution >= 0.6 is 0 Å². The number of hydrogen-bond acceptors (Lipinski definition) is 3. The van der Waals surface area contributed by atoms with Crippen LogP contribution in [0.25, 0.3) is 0 Å². The number of rotatable bonds is 7. The third-order valence-corrected chi connectivity index (χ3v) is 2.49. The number of anilines is 1. The van der Waals surface area contributed by atoms with Gasteiger partial charge in [-0.25, -0.2) is 4.39 Å². The van der Waals surface area contributed by atoms with E-state index in [2.05, 4.69) is 0 Å². The Labute approximate surface area is 117 Å². The highest BCUT2D eigenvalue weighted by Crippen LogP contribution is 2.15. The van der Waals surface area contributed by atoms with Crippen LogP contribution in [-0.4, -0.2) is 19.3 Å². The van der Waals surface area contributed by atoms with Crippen molar-refractivity contribution in [1.82, 2.24) is 0 Å². The summed E-state index contributed by atoms with van der Waals surface area (Å²) >= 11 is 0. The molecule has 0 fully saturated rings. The topological polar surface area (TPSA) is 46.6 Å². The normalized spacial score (nSPS) is 11.9. The number of amides is 1. The zero-order valence-corrected chi connectivity index (χ0v) is 11.4. The van der Waals surface area contributed by atoms with Gasteiger partial charge in [-0.1, -0.05) is 0 Å². The van der Waals surface area contributed by atoms with Gasteiger partial charge in [-0.3, -0.25) is 14.5 Å². The maximum absolute atomic E-state index is 12.8. The largest absolute Gasteiger partial charge is 0.493 e. The summed E-state index contributed by atoms with van der Waals surface area (Å²) in [5, 5.41) is 0. The molecule has 0 aliphatic heterocycles. The first kappa shape index (κ1) is 15.6. The Balaban J connectivity index is 2.96. The van der Waals surface area contributed by atoms with E-state index < -0.39 is 0 Å². The minimum Gasteiger partial charge on any atom is -0.493 e. The first-order valence-electron chi connectivity index (χ1n) is 6.08. The Kier molecular flexibility index (Phi) is 6.16. The van der Waals surface area contributed by atoms with Crippen LogP contribution in [0.1, 0.15) is 13.8 Å². The van der Waals surface area contributed by atoms with E-state index in [4.69, 9.17) is 4.74 Å². The summed E-state index contributed by atoms with van der Waals surface area (Å²) in [6.45, 7) is 3.82. The fraction of sp³-hybridized carbons (Fsp3) is 0.200.